The summed E-state index contributed by atoms with van der Waals surface area (Å²) in [5, 5.41) is -0.354. The van der Waals surface area contributed by atoms with E-state index in [4.69, 9.17) is 11.6 Å². The van der Waals surface area contributed by atoms with Crippen LogP contribution < -0.4 is 4.90 Å². The molecule has 0 N–H and O–H groups in total. The molecule has 0 radical (unpaired) electrons. The van der Waals surface area contributed by atoms with Gasteiger partial charge >= 0.3 is 0 Å². The molecule has 2 amide bonds. The second-order valence-electron chi connectivity index (χ2n) is 8.70. The molecular weight excluding hydrogens is 471 g/mol. The predicted octanol–water partition coefficient (Wildman–Crippen LogP) is 4.09. The van der Waals surface area contributed by atoms with Crippen molar-refractivity contribution in [1.29, 1.82) is 0 Å². The van der Waals surface area contributed by atoms with Crippen molar-refractivity contribution >= 4 is 41.3 Å². The zero-order valence-corrected chi connectivity index (χ0v) is 21.4. The third kappa shape index (κ3) is 5.19. The van der Waals surface area contributed by atoms with Gasteiger partial charge in [-0.25, -0.2) is 9.37 Å². The zero-order chi connectivity index (χ0) is 25.9. The number of aromatic nitrogens is 2. The molecule has 0 aromatic carbocycles. The maximum absolute atomic E-state index is 14.7. The zero-order valence-electron chi connectivity index (χ0n) is 20.6. The van der Waals surface area contributed by atoms with Crippen molar-refractivity contribution in [1.82, 2.24) is 19.8 Å². The Labute approximate surface area is 210 Å². The van der Waals surface area contributed by atoms with E-state index in [1.165, 1.54) is 17.0 Å². The third-order valence-corrected chi connectivity index (χ3v) is 6.29. The van der Waals surface area contributed by atoms with Gasteiger partial charge in [-0.3, -0.25) is 24.5 Å². The van der Waals surface area contributed by atoms with Gasteiger partial charge < -0.3 is 9.80 Å². The Morgan fingerprint density at radius 1 is 1.40 bits per heavy atom. The van der Waals surface area contributed by atoms with Crippen LogP contribution in [-0.2, 0) is 9.59 Å². The summed E-state index contributed by atoms with van der Waals surface area (Å²) < 4.78 is 14.7. The number of pyridine rings is 2. The molecule has 2 aromatic heterocycles. The van der Waals surface area contributed by atoms with Gasteiger partial charge in [-0.15, -0.1) is 0 Å². The van der Waals surface area contributed by atoms with E-state index < -0.39 is 5.82 Å². The number of carbonyl (C=O) groups excluding carboxylic acids is 2. The van der Waals surface area contributed by atoms with E-state index in [2.05, 4.69) is 21.5 Å². The number of amidine groups is 1. The summed E-state index contributed by atoms with van der Waals surface area (Å²) in [4.78, 5) is 42.8. The van der Waals surface area contributed by atoms with Crippen molar-refractivity contribution in [3.05, 3.63) is 58.8 Å². The summed E-state index contributed by atoms with van der Waals surface area (Å²) in [5.41, 5.74) is 2.39. The molecule has 3 heterocycles. The van der Waals surface area contributed by atoms with Gasteiger partial charge in [0.25, 0.3) is 0 Å². The molecule has 3 rings (SSSR count). The van der Waals surface area contributed by atoms with Gasteiger partial charge in [0, 0.05) is 38.9 Å². The van der Waals surface area contributed by atoms with Gasteiger partial charge in [-0.05, 0) is 43.5 Å². The smallest absolute Gasteiger partial charge is 0.246 e. The highest BCUT2D eigenvalue weighted by molar-refractivity contribution is 6.30. The van der Waals surface area contributed by atoms with Crippen LogP contribution in [0.1, 0.15) is 43.5 Å². The van der Waals surface area contributed by atoms with E-state index in [-0.39, 0.29) is 28.8 Å². The molecule has 1 saturated heterocycles. The van der Waals surface area contributed by atoms with Gasteiger partial charge in [0.1, 0.15) is 5.84 Å². The Hall–Kier alpha value is -3.33. The molecule has 10 heteroatoms. The van der Waals surface area contributed by atoms with E-state index in [0.717, 1.165) is 5.56 Å². The molecule has 1 aliphatic rings. The minimum Gasteiger partial charge on any atom is -0.350 e. The molecule has 1 aliphatic heterocycles. The largest absolute Gasteiger partial charge is 0.350 e. The van der Waals surface area contributed by atoms with Crippen molar-refractivity contribution in [2.24, 2.45) is 4.99 Å². The van der Waals surface area contributed by atoms with E-state index in [0.29, 0.717) is 48.8 Å². The molecule has 0 saturated carbocycles. The van der Waals surface area contributed by atoms with Crippen LogP contribution in [0.25, 0.3) is 0 Å². The summed E-state index contributed by atoms with van der Waals surface area (Å²) in [6.07, 6.45) is 3.61. The summed E-state index contributed by atoms with van der Waals surface area (Å²) >= 11 is 6.10. The number of anilines is 2. The Bertz CT molecular complexity index is 1170. The fraction of sp³-hybridized carbons (Fsp3) is 0.400. The van der Waals surface area contributed by atoms with Crippen LogP contribution in [0, 0.1) is 12.7 Å². The molecule has 0 aliphatic carbocycles. The number of aliphatic imine (C=N–C) groups is 1. The highest BCUT2D eigenvalue weighted by Crippen LogP contribution is 2.36. The summed E-state index contributed by atoms with van der Waals surface area (Å²) in [6, 6.07) is 2.92. The predicted molar refractivity (Wildman–Crippen MR) is 136 cm³/mol. The highest BCUT2D eigenvalue weighted by atomic mass is 35.5. The molecule has 1 unspecified atom stereocenters. The number of carbonyl (C=O) groups is 2. The number of hydrogen-bond acceptors (Lipinski definition) is 5. The summed E-state index contributed by atoms with van der Waals surface area (Å²) in [6.45, 7) is 12.7. The number of aryl methyl sites for hydroxylation is 1. The molecule has 35 heavy (non-hydrogen) atoms. The number of piperazine rings is 1. The number of nitrogens with zero attached hydrogens (tertiary/aromatic N) is 6. The summed E-state index contributed by atoms with van der Waals surface area (Å²) in [7, 11) is 1.60. The van der Waals surface area contributed by atoms with Crippen molar-refractivity contribution in [2.75, 3.05) is 31.6 Å². The lowest BCUT2D eigenvalue weighted by molar-refractivity contribution is -0.128. The first-order chi connectivity index (χ1) is 16.6. The standard InChI is InChI=1S/C25H30ClFN6O2/c1-7-20(35)31-10-11-32(17(5)13-31)24(28-6)18-12-19(27)23(26)30-25(18)33(14-34)22-16(4)8-9-29-21(22)15(2)3/h7-9,12,14-15,17H,1,10-11,13H2,2-6H3/b28-24+. The fourth-order valence-corrected chi connectivity index (χ4v) is 4.46. The Morgan fingerprint density at radius 3 is 2.69 bits per heavy atom. The first kappa shape index (κ1) is 26.3. The Balaban J connectivity index is 2.15. The first-order valence-corrected chi connectivity index (χ1v) is 11.7. The second-order valence-corrected chi connectivity index (χ2v) is 9.06. The monoisotopic (exact) mass is 500 g/mol. The minimum atomic E-state index is -0.725. The molecular formula is C25H30ClFN6O2. The van der Waals surface area contributed by atoms with Crippen molar-refractivity contribution in [2.45, 2.75) is 39.7 Å². The number of halogens is 2. The van der Waals surface area contributed by atoms with Gasteiger partial charge in [0.2, 0.25) is 12.3 Å². The molecule has 186 valence electrons. The van der Waals surface area contributed by atoms with Crippen molar-refractivity contribution < 1.29 is 14.0 Å². The van der Waals surface area contributed by atoms with Crippen LogP contribution in [0.5, 0.6) is 0 Å². The topological polar surface area (TPSA) is 82.0 Å². The maximum Gasteiger partial charge on any atom is 0.246 e. The van der Waals surface area contributed by atoms with Crippen molar-refractivity contribution in [3.63, 3.8) is 0 Å². The molecule has 1 fully saturated rings. The van der Waals surface area contributed by atoms with Gasteiger partial charge in [0.15, 0.2) is 16.8 Å². The van der Waals surface area contributed by atoms with Gasteiger partial charge in [-0.2, -0.15) is 0 Å². The lowest BCUT2D eigenvalue weighted by Crippen LogP contribution is -2.55. The minimum absolute atomic E-state index is 0.0153. The molecule has 0 bridgehead atoms. The number of amides is 2. The summed E-state index contributed by atoms with van der Waals surface area (Å²) in [5.74, 6) is -0.256. The van der Waals surface area contributed by atoms with Gasteiger partial charge in [0.05, 0.1) is 16.9 Å². The Kier molecular flexibility index (Phi) is 8.22. The lowest BCUT2D eigenvalue weighted by atomic mass is 10.0. The van der Waals surface area contributed by atoms with Crippen LogP contribution in [0.2, 0.25) is 5.15 Å². The molecule has 0 spiro atoms. The molecule has 1 atom stereocenters. The molecule has 2 aromatic rings. The van der Waals surface area contributed by atoms with Gasteiger partial charge in [-0.1, -0.05) is 32.0 Å². The fourth-order valence-electron chi connectivity index (χ4n) is 4.33. The number of hydrogen-bond donors (Lipinski definition) is 0. The van der Waals surface area contributed by atoms with E-state index in [1.807, 2.05) is 32.6 Å². The van der Waals surface area contributed by atoms with Crippen LogP contribution in [0.4, 0.5) is 15.9 Å². The average Bonchev–Trinajstić information content (AvgIpc) is 2.83. The maximum atomic E-state index is 14.7. The first-order valence-electron chi connectivity index (χ1n) is 11.4. The highest BCUT2D eigenvalue weighted by Gasteiger charge is 2.32. The van der Waals surface area contributed by atoms with E-state index >= 15 is 0 Å². The number of rotatable bonds is 6. The SMILES string of the molecule is C=CC(=O)N1CCN(/C(=N/C)c2cc(F)c(Cl)nc2N(C=O)c2c(C)ccnc2C(C)C)C(C)C1. The van der Waals surface area contributed by atoms with Crippen LogP contribution in [0.15, 0.2) is 36.0 Å². The average molecular weight is 501 g/mol. The van der Waals surface area contributed by atoms with E-state index in [1.54, 1.807) is 24.2 Å². The second kappa shape index (κ2) is 10.9. The normalized spacial score (nSPS) is 16.5. The van der Waals surface area contributed by atoms with Crippen LogP contribution >= 0.6 is 11.6 Å². The lowest BCUT2D eigenvalue weighted by Gasteiger charge is -2.41. The quantitative estimate of drug-likeness (QED) is 0.196. The van der Waals surface area contributed by atoms with Crippen LogP contribution in [-0.4, -0.2) is 70.6 Å². The van der Waals surface area contributed by atoms with Crippen molar-refractivity contribution in [3.8, 4) is 0 Å². The van der Waals surface area contributed by atoms with E-state index in [9.17, 15) is 14.0 Å². The molecule has 8 nitrogen and oxygen atoms in total. The van der Waals surface area contributed by atoms with Crippen LogP contribution in [0.3, 0.4) is 0 Å². The Morgan fingerprint density at radius 2 is 2.11 bits per heavy atom. The third-order valence-electron chi connectivity index (χ3n) is 6.03.